The first-order valence-corrected chi connectivity index (χ1v) is 13.6. The number of ether oxygens (including phenoxy) is 1. The summed E-state index contributed by atoms with van der Waals surface area (Å²) >= 11 is 0. The molecule has 10 heteroatoms. The Balaban J connectivity index is 1.57. The van der Waals surface area contributed by atoms with Crippen LogP contribution < -0.4 is 26.1 Å². The Morgan fingerprint density at radius 2 is 1.72 bits per heavy atom. The molecule has 0 aliphatic rings. The third kappa shape index (κ3) is 6.82. The molecule has 0 saturated heterocycles. The Hall–Kier alpha value is -5.64. The molecule has 0 aliphatic heterocycles. The topological polar surface area (TPSA) is 118 Å². The summed E-state index contributed by atoms with van der Waals surface area (Å²) in [6, 6.07) is 25.5. The van der Waals surface area contributed by atoms with E-state index in [4.69, 9.17) is 4.74 Å². The lowest BCUT2D eigenvalue weighted by atomic mass is 10.1. The van der Waals surface area contributed by atoms with Crippen LogP contribution in [0.1, 0.15) is 21.6 Å². The van der Waals surface area contributed by atoms with Crippen molar-refractivity contribution in [2.45, 2.75) is 6.54 Å². The third-order valence-electron chi connectivity index (χ3n) is 6.74. The number of halogens is 1. The number of rotatable bonds is 12. The smallest absolute Gasteiger partial charge is 0.356 e. The first-order chi connectivity index (χ1) is 20.9. The van der Waals surface area contributed by atoms with Crippen LogP contribution in [-0.4, -0.2) is 40.8 Å². The van der Waals surface area contributed by atoms with E-state index in [1.165, 1.54) is 10.8 Å². The zero-order chi connectivity index (χ0) is 30.2. The van der Waals surface area contributed by atoms with Gasteiger partial charge in [-0.25, -0.2) is 14.2 Å². The lowest BCUT2D eigenvalue weighted by Gasteiger charge is -2.18. The number of pyridine rings is 2. The SMILES string of the molecule is COc1ccc(CNc2cc(NCCNc3ccccn3)cc3c2c(=O)c(F)c(C(=O)O)n3C=Cc2ccccc2)cc1. The van der Waals surface area contributed by atoms with Crippen molar-refractivity contribution in [2.24, 2.45) is 0 Å². The van der Waals surface area contributed by atoms with E-state index in [9.17, 15) is 14.7 Å². The van der Waals surface area contributed by atoms with E-state index in [0.29, 0.717) is 36.8 Å². The van der Waals surface area contributed by atoms with Crippen molar-refractivity contribution in [1.82, 2.24) is 9.55 Å². The molecule has 3 aromatic carbocycles. The van der Waals surface area contributed by atoms with E-state index in [1.54, 1.807) is 31.5 Å². The summed E-state index contributed by atoms with van der Waals surface area (Å²) in [5, 5.41) is 19.8. The van der Waals surface area contributed by atoms with Gasteiger partial charge in [0.1, 0.15) is 11.6 Å². The number of carboxylic acid groups (broad SMARTS) is 1. The van der Waals surface area contributed by atoms with Crippen LogP contribution in [0.2, 0.25) is 0 Å². The maximum Gasteiger partial charge on any atom is 0.356 e. The molecule has 0 radical (unpaired) electrons. The second-order valence-electron chi connectivity index (χ2n) is 9.58. The van der Waals surface area contributed by atoms with Crippen molar-refractivity contribution >= 4 is 46.3 Å². The molecule has 5 rings (SSSR count). The number of carbonyl (C=O) groups is 1. The van der Waals surface area contributed by atoms with Gasteiger partial charge in [0.15, 0.2) is 5.69 Å². The summed E-state index contributed by atoms with van der Waals surface area (Å²) in [4.78, 5) is 29.8. The number of nitrogens with zero attached hydrogens (tertiary/aromatic N) is 2. The predicted molar refractivity (Wildman–Crippen MR) is 168 cm³/mol. The molecule has 0 aliphatic carbocycles. The molecule has 0 fully saturated rings. The lowest BCUT2D eigenvalue weighted by Crippen LogP contribution is -2.22. The van der Waals surface area contributed by atoms with Crippen molar-refractivity contribution < 1.29 is 19.0 Å². The van der Waals surface area contributed by atoms with Gasteiger partial charge in [-0.3, -0.25) is 4.79 Å². The van der Waals surface area contributed by atoms with Crippen LogP contribution in [0.4, 0.5) is 21.6 Å². The number of carboxylic acids is 1. The highest BCUT2D eigenvalue weighted by Gasteiger charge is 2.24. The van der Waals surface area contributed by atoms with E-state index in [2.05, 4.69) is 20.9 Å². The predicted octanol–water partition coefficient (Wildman–Crippen LogP) is 6.01. The second-order valence-corrected chi connectivity index (χ2v) is 9.58. The monoisotopic (exact) mass is 579 g/mol. The van der Waals surface area contributed by atoms with Gasteiger partial charge in [-0.1, -0.05) is 48.5 Å². The van der Waals surface area contributed by atoms with E-state index in [1.807, 2.05) is 72.8 Å². The molecule has 2 aromatic heterocycles. The van der Waals surface area contributed by atoms with E-state index >= 15 is 4.39 Å². The summed E-state index contributed by atoms with van der Waals surface area (Å²) in [7, 11) is 1.58. The Morgan fingerprint density at radius 1 is 0.977 bits per heavy atom. The van der Waals surface area contributed by atoms with Gasteiger partial charge in [0.25, 0.3) is 0 Å². The number of nitrogens with one attached hydrogen (secondary N) is 3. The number of benzene rings is 3. The third-order valence-corrected chi connectivity index (χ3v) is 6.74. The highest BCUT2D eigenvalue weighted by Crippen LogP contribution is 2.29. The molecule has 0 amide bonds. The number of anilines is 3. The fourth-order valence-corrected chi connectivity index (χ4v) is 4.62. The molecule has 0 spiro atoms. The Labute approximate surface area is 247 Å². The highest BCUT2D eigenvalue weighted by molar-refractivity contribution is 6.00. The zero-order valence-electron chi connectivity index (χ0n) is 23.4. The molecule has 0 bridgehead atoms. The molecule has 0 atom stereocenters. The number of fused-ring (bicyclic) bond motifs is 1. The number of aromatic nitrogens is 2. The number of aromatic carboxylic acids is 1. The van der Waals surface area contributed by atoms with Crippen molar-refractivity contribution in [3.8, 4) is 5.75 Å². The Morgan fingerprint density at radius 3 is 2.42 bits per heavy atom. The maximum atomic E-state index is 15.5. The first kappa shape index (κ1) is 28.9. The van der Waals surface area contributed by atoms with Crippen LogP contribution in [0.3, 0.4) is 0 Å². The van der Waals surface area contributed by atoms with Crippen LogP contribution in [0.25, 0.3) is 23.2 Å². The minimum atomic E-state index is -1.56. The van der Waals surface area contributed by atoms with Gasteiger partial charge in [-0.2, -0.15) is 0 Å². The Bertz CT molecular complexity index is 1810. The lowest BCUT2D eigenvalue weighted by molar-refractivity contribution is 0.0682. The number of hydrogen-bond acceptors (Lipinski definition) is 7. The van der Waals surface area contributed by atoms with Gasteiger partial charge in [0.05, 0.1) is 18.0 Å². The van der Waals surface area contributed by atoms with Crippen molar-refractivity contribution in [1.29, 1.82) is 0 Å². The minimum Gasteiger partial charge on any atom is -0.497 e. The van der Waals surface area contributed by atoms with Crippen molar-refractivity contribution in [3.63, 3.8) is 0 Å². The maximum absolute atomic E-state index is 15.5. The van der Waals surface area contributed by atoms with Crippen LogP contribution in [-0.2, 0) is 6.54 Å². The molecule has 4 N–H and O–H groups in total. The molecular weight excluding hydrogens is 549 g/mol. The van der Waals surface area contributed by atoms with Crippen LogP contribution in [0.5, 0.6) is 5.75 Å². The molecule has 0 saturated carbocycles. The minimum absolute atomic E-state index is 0.0332. The van der Waals surface area contributed by atoms with Crippen molar-refractivity contribution in [3.05, 3.63) is 124 Å². The van der Waals surface area contributed by atoms with E-state index in [-0.39, 0.29) is 10.9 Å². The average molecular weight is 580 g/mol. The largest absolute Gasteiger partial charge is 0.497 e. The van der Waals surface area contributed by atoms with E-state index < -0.39 is 22.9 Å². The summed E-state index contributed by atoms with van der Waals surface area (Å²) in [6.07, 6.45) is 4.82. The average Bonchev–Trinajstić information content (AvgIpc) is 3.04. The quantitative estimate of drug-likeness (QED) is 0.133. The molecule has 0 unspecified atom stereocenters. The normalized spacial score (nSPS) is 11.0. The molecule has 218 valence electrons. The van der Waals surface area contributed by atoms with Gasteiger partial charge in [-0.15, -0.1) is 0 Å². The van der Waals surface area contributed by atoms with E-state index in [0.717, 1.165) is 16.9 Å². The summed E-state index contributed by atoms with van der Waals surface area (Å²) in [6.45, 7) is 1.34. The highest BCUT2D eigenvalue weighted by atomic mass is 19.1. The van der Waals surface area contributed by atoms with Crippen LogP contribution >= 0.6 is 0 Å². The molecule has 43 heavy (non-hydrogen) atoms. The van der Waals surface area contributed by atoms with Crippen LogP contribution in [0.15, 0.2) is 95.9 Å². The number of methoxy groups -OCH3 is 1. The van der Waals surface area contributed by atoms with Crippen LogP contribution in [0, 0.1) is 5.82 Å². The fourth-order valence-electron chi connectivity index (χ4n) is 4.62. The zero-order valence-corrected chi connectivity index (χ0v) is 23.4. The Kier molecular flexibility index (Phi) is 8.96. The van der Waals surface area contributed by atoms with Gasteiger partial charge < -0.3 is 30.4 Å². The number of hydrogen-bond donors (Lipinski definition) is 4. The molecule has 2 heterocycles. The first-order valence-electron chi connectivity index (χ1n) is 13.6. The van der Waals surface area contributed by atoms with Gasteiger partial charge >= 0.3 is 5.97 Å². The second kappa shape index (κ2) is 13.3. The summed E-state index contributed by atoms with van der Waals surface area (Å²) in [5.74, 6) is -1.47. The fraction of sp³-hybridized carbons (Fsp3) is 0.121. The summed E-state index contributed by atoms with van der Waals surface area (Å²) in [5.41, 5.74) is 1.12. The molecule has 5 aromatic rings. The molecule has 9 nitrogen and oxygen atoms in total. The van der Waals surface area contributed by atoms with Gasteiger partial charge in [-0.05, 0) is 53.6 Å². The molecular formula is C33H30FN5O4. The summed E-state index contributed by atoms with van der Waals surface area (Å²) < 4.78 is 21.9. The van der Waals surface area contributed by atoms with Gasteiger partial charge in [0, 0.05) is 43.4 Å². The van der Waals surface area contributed by atoms with Gasteiger partial charge in [0.2, 0.25) is 11.2 Å². The van der Waals surface area contributed by atoms with Crippen molar-refractivity contribution in [2.75, 3.05) is 36.1 Å². The standard InChI is InChI=1S/C33H30FN5O4/c1-43-25-12-10-23(11-13-25)21-38-26-19-24(35-16-17-37-28-9-5-6-15-36-28)20-27-29(26)32(40)30(34)31(33(41)42)39(27)18-14-22-7-3-2-4-8-22/h2-15,18-20,35,38H,16-17,21H2,1H3,(H,36,37)(H,41,42).